The molecular formula is C21H26BrN5O. The lowest BCUT2D eigenvalue weighted by Gasteiger charge is -2.10. The molecule has 0 saturated heterocycles. The van der Waals surface area contributed by atoms with E-state index in [1.165, 1.54) is 0 Å². The number of amides is 1. The monoisotopic (exact) mass is 443 g/mol. The molecule has 2 aromatic heterocycles. The predicted molar refractivity (Wildman–Crippen MR) is 114 cm³/mol. The van der Waals surface area contributed by atoms with Gasteiger partial charge in [0.1, 0.15) is 5.82 Å². The zero-order chi connectivity index (χ0) is 20.3. The number of hydrogen-bond donors (Lipinski definition) is 1. The molecule has 2 heterocycles. The molecule has 0 atom stereocenters. The van der Waals surface area contributed by atoms with E-state index in [0.29, 0.717) is 24.7 Å². The molecule has 0 fully saturated rings. The maximum Gasteiger partial charge on any atom is 0.230 e. The molecule has 3 aromatic rings. The van der Waals surface area contributed by atoms with Crippen LogP contribution >= 0.6 is 15.9 Å². The van der Waals surface area contributed by atoms with E-state index in [9.17, 15) is 4.79 Å². The average Bonchev–Trinajstić information content (AvgIpc) is 3.16. The van der Waals surface area contributed by atoms with E-state index >= 15 is 0 Å². The van der Waals surface area contributed by atoms with Gasteiger partial charge >= 0.3 is 0 Å². The fraction of sp³-hybridized carbons (Fsp3) is 0.381. The van der Waals surface area contributed by atoms with Crippen molar-refractivity contribution in [2.75, 3.05) is 5.32 Å². The molecule has 3 rings (SSSR count). The van der Waals surface area contributed by atoms with Gasteiger partial charge in [0.25, 0.3) is 0 Å². The van der Waals surface area contributed by atoms with Crippen molar-refractivity contribution in [3.05, 3.63) is 63.5 Å². The van der Waals surface area contributed by atoms with Gasteiger partial charge in [0.05, 0.1) is 24.9 Å². The topological polar surface area (TPSA) is 64.7 Å². The molecule has 0 aliphatic rings. The number of aromatic nitrogens is 4. The van der Waals surface area contributed by atoms with Gasteiger partial charge in [0.2, 0.25) is 5.91 Å². The Bertz CT molecular complexity index is 956. The highest BCUT2D eigenvalue weighted by Gasteiger charge is 2.16. The van der Waals surface area contributed by atoms with Crippen molar-refractivity contribution in [1.29, 1.82) is 0 Å². The second-order valence-electron chi connectivity index (χ2n) is 7.45. The third-order valence-electron chi connectivity index (χ3n) is 4.64. The molecule has 0 bridgehead atoms. The molecule has 0 aliphatic heterocycles. The van der Waals surface area contributed by atoms with Crippen LogP contribution in [0.3, 0.4) is 0 Å². The number of carbonyl (C=O) groups is 1. The molecule has 0 unspecified atom stereocenters. The highest BCUT2D eigenvalue weighted by Crippen LogP contribution is 2.17. The number of aryl methyl sites for hydroxylation is 1. The first kappa shape index (κ1) is 20.3. The number of anilines is 1. The summed E-state index contributed by atoms with van der Waals surface area (Å²) >= 11 is 3.44. The van der Waals surface area contributed by atoms with Crippen LogP contribution in [-0.4, -0.2) is 25.5 Å². The maximum atomic E-state index is 12.7. The molecule has 0 aliphatic carbocycles. The van der Waals surface area contributed by atoms with Crippen LogP contribution in [0.15, 0.2) is 41.0 Å². The van der Waals surface area contributed by atoms with Gasteiger partial charge < -0.3 is 5.32 Å². The Morgan fingerprint density at radius 1 is 1.14 bits per heavy atom. The molecule has 6 nitrogen and oxygen atoms in total. The lowest BCUT2D eigenvalue weighted by Crippen LogP contribution is -2.18. The Balaban J connectivity index is 1.69. The Kier molecular flexibility index (Phi) is 6.34. The zero-order valence-corrected chi connectivity index (χ0v) is 18.3. The van der Waals surface area contributed by atoms with Crippen molar-refractivity contribution in [2.24, 2.45) is 5.92 Å². The van der Waals surface area contributed by atoms with Gasteiger partial charge in [-0.25, -0.2) is 4.68 Å². The highest BCUT2D eigenvalue weighted by molar-refractivity contribution is 9.10. The standard InChI is InChI=1S/C21H26BrN5O/c1-14(2)12-26-16(4)19(15(3)25-26)11-21(28)24-20-9-10-23-27(20)13-17-5-7-18(22)8-6-17/h5-10,14H,11-13H2,1-4H3,(H,24,28). The van der Waals surface area contributed by atoms with Crippen LogP contribution in [0.4, 0.5) is 5.82 Å². The highest BCUT2D eigenvalue weighted by atomic mass is 79.9. The third-order valence-corrected chi connectivity index (χ3v) is 5.17. The van der Waals surface area contributed by atoms with Gasteiger partial charge in [-0.1, -0.05) is 41.9 Å². The predicted octanol–water partition coefficient (Wildman–Crippen LogP) is 4.34. The first-order chi connectivity index (χ1) is 13.3. The number of benzene rings is 1. The zero-order valence-electron chi connectivity index (χ0n) is 16.7. The quantitative estimate of drug-likeness (QED) is 0.590. The molecule has 28 heavy (non-hydrogen) atoms. The van der Waals surface area contributed by atoms with Gasteiger partial charge in [-0.15, -0.1) is 0 Å². The van der Waals surface area contributed by atoms with E-state index in [1.54, 1.807) is 10.9 Å². The van der Waals surface area contributed by atoms with Crippen LogP contribution in [0.5, 0.6) is 0 Å². The first-order valence-corrected chi connectivity index (χ1v) is 10.2. The largest absolute Gasteiger partial charge is 0.311 e. The van der Waals surface area contributed by atoms with Crippen molar-refractivity contribution in [3.8, 4) is 0 Å². The number of hydrogen-bond acceptors (Lipinski definition) is 3. The van der Waals surface area contributed by atoms with Crippen LogP contribution in [-0.2, 0) is 24.3 Å². The lowest BCUT2D eigenvalue weighted by atomic mass is 10.1. The van der Waals surface area contributed by atoms with Crippen molar-refractivity contribution >= 4 is 27.7 Å². The molecule has 7 heteroatoms. The normalized spacial score (nSPS) is 11.2. The van der Waals surface area contributed by atoms with E-state index in [-0.39, 0.29) is 5.91 Å². The molecule has 1 amide bonds. The Morgan fingerprint density at radius 3 is 2.54 bits per heavy atom. The van der Waals surface area contributed by atoms with Crippen molar-refractivity contribution < 1.29 is 4.79 Å². The lowest BCUT2D eigenvalue weighted by molar-refractivity contribution is -0.115. The summed E-state index contributed by atoms with van der Waals surface area (Å²) in [4.78, 5) is 12.7. The summed E-state index contributed by atoms with van der Waals surface area (Å²) in [7, 11) is 0. The van der Waals surface area contributed by atoms with E-state index < -0.39 is 0 Å². The minimum Gasteiger partial charge on any atom is -0.311 e. The fourth-order valence-electron chi connectivity index (χ4n) is 3.19. The molecule has 148 valence electrons. The van der Waals surface area contributed by atoms with Crippen molar-refractivity contribution in [3.63, 3.8) is 0 Å². The second-order valence-corrected chi connectivity index (χ2v) is 8.37. The minimum atomic E-state index is -0.0622. The van der Waals surface area contributed by atoms with E-state index in [4.69, 9.17) is 0 Å². The van der Waals surface area contributed by atoms with E-state index in [1.807, 2.05) is 48.9 Å². The van der Waals surface area contributed by atoms with Crippen LogP contribution < -0.4 is 5.32 Å². The Morgan fingerprint density at radius 2 is 1.86 bits per heavy atom. The fourth-order valence-corrected chi connectivity index (χ4v) is 3.45. The summed E-state index contributed by atoms with van der Waals surface area (Å²) in [6.07, 6.45) is 2.00. The number of halogens is 1. The Hall–Kier alpha value is -2.41. The first-order valence-electron chi connectivity index (χ1n) is 9.42. The number of nitrogens with zero attached hydrogens (tertiary/aromatic N) is 4. The summed E-state index contributed by atoms with van der Waals surface area (Å²) in [5.41, 5.74) is 4.09. The second kappa shape index (κ2) is 8.73. The van der Waals surface area contributed by atoms with Crippen LogP contribution in [0.25, 0.3) is 0 Å². The smallest absolute Gasteiger partial charge is 0.230 e. The average molecular weight is 444 g/mol. The Labute approximate surface area is 174 Å². The van der Waals surface area contributed by atoms with E-state index in [2.05, 4.69) is 45.3 Å². The van der Waals surface area contributed by atoms with Crippen LogP contribution in [0, 0.1) is 19.8 Å². The van der Waals surface area contributed by atoms with E-state index in [0.717, 1.165) is 33.5 Å². The third kappa shape index (κ3) is 4.90. The van der Waals surface area contributed by atoms with Gasteiger partial charge in [-0.05, 0) is 37.5 Å². The van der Waals surface area contributed by atoms with Crippen LogP contribution in [0.1, 0.15) is 36.4 Å². The van der Waals surface area contributed by atoms with Gasteiger partial charge in [-0.3, -0.25) is 9.48 Å². The van der Waals surface area contributed by atoms with Gasteiger partial charge in [-0.2, -0.15) is 10.2 Å². The molecular weight excluding hydrogens is 418 g/mol. The van der Waals surface area contributed by atoms with Crippen molar-refractivity contribution in [2.45, 2.75) is 47.2 Å². The molecule has 0 spiro atoms. The summed E-state index contributed by atoms with van der Waals surface area (Å²) in [5.74, 6) is 1.14. The van der Waals surface area contributed by atoms with Crippen LogP contribution in [0.2, 0.25) is 0 Å². The summed E-state index contributed by atoms with van der Waals surface area (Å²) in [6, 6.07) is 9.88. The summed E-state index contributed by atoms with van der Waals surface area (Å²) in [6.45, 7) is 9.77. The van der Waals surface area contributed by atoms with Gasteiger partial charge in [0.15, 0.2) is 0 Å². The van der Waals surface area contributed by atoms with Crippen molar-refractivity contribution in [1.82, 2.24) is 19.6 Å². The number of rotatable bonds is 7. The number of carbonyl (C=O) groups excluding carboxylic acids is 1. The van der Waals surface area contributed by atoms with Gasteiger partial charge in [0, 0.05) is 28.3 Å². The minimum absolute atomic E-state index is 0.0622. The molecule has 1 N–H and O–H groups in total. The molecule has 0 saturated carbocycles. The summed E-state index contributed by atoms with van der Waals surface area (Å²) in [5, 5.41) is 11.9. The maximum absolute atomic E-state index is 12.7. The summed E-state index contributed by atoms with van der Waals surface area (Å²) < 4.78 is 4.83. The molecule has 0 radical (unpaired) electrons. The molecule has 1 aromatic carbocycles. The number of nitrogens with one attached hydrogen (secondary N) is 1. The SMILES string of the molecule is Cc1nn(CC(C)C)c(C)c1CC(=O)Nc1ccnn1Cc1ccc(Br)cc1.